The number of anilines is 1. The van der Waals surface area contributed by atoms with Crippen LogP contribution < -0.4 is 5.32 Å². The third-order valence-corrected chi connectivity index (χ3v) is 2.37. The van der Waals surface area contributed by atoms with Gasteiger partial charge in [0.25, 0.3) is 5.91 Å². The third kappa shape index (κ3) is 1.83. The van der Waals surface area contributed by atoms with E-state index >= 15 is 0 Å². The maximum absolute atomic E-state index is 11.5. The van der Waals surface area contributed by atoms with E-state index in [1.54, 1.807) is 18.2 Å². The molecule has 1 N–H and O–H groups in total. The Bertz CT molecular complexity index is 440. The molecule has 0 aromatic heterocycles. The van der Waals surface area contributed by atoms with E-state index in [9.17, 15) is 4.79 Å². The molecule has 3 nitrogen and oxygen atoms in total. The average molecular weight is 224 g/mol. The number of amides is 1. The van der Waals surface area contributed by atoms with Gasteiger partial charge in [-0.2, -0.15) is 0 Å². The second-order valence-corrected chi connectivity index (χ2v) is 3.57. The van der Waals surface area contributed by atoms with Crippen molar-refractivity contribution < 1.29 is 9.53 Å². The molecule has 2 rings (SSSR count). The predicted octanol–water partition coefficient (Wildman–Crippen LogP) is 2.67. The van der Waals surface area contributed by atoms with Crippen LogP contribution in [0.3, 0.4) is 0 Å². The summed E-state index contributed by atoms with van der Waals surface area (Å²) in [5, 5.41) is 3.33. The quantitative estimate of drug-likeness (QED) is 0.618. The number of hydrogen-bond acceptors (Lipinski definition) is 2. The van der Waals surface area contributed by atoms with Crippen LogP contribution in [0.2, 0.25) is 5.02 Å². The zero-order valence-corrected chi connectivity index (χ0v) is 8.97. The zero-order chi connectivity index (χ0) is 10.8. The van der Waals surface area contributed by atoms with Gasteiger partial charge in [-0.1, -0.05) is 17.7 Å². The molecule has 0 bridgehead atoms. The van der Waals surface area contributed by atoms with Crippen molar-refractivity contribution in [1.29, 1.82) is 0 Å². The lowest BCUT2D eigenvalue weighted by Crippen LogP contribution is -2.04. The Morgan fingerprint density at radius 3 is 3.07 bits per heavy atom. The molecule has 1 amide bonds. The van der Waals surface area contributed by atoms with Crippen molar-refractivity contribution in [2.45, 2.75) is 6.92 Å². The topological polar surface area (TPSA) is 38.3 Å². The Kier molecular flexibility index (Phi) is 2.64. The van der Waals surface area contributed by atoms with Gasteiger partial charge in [-0.25, -0.2) is 0 Å². The summed E-state index contributed by atoms with van der Waals surface area (Å²) >= 11 is 5.82. The molecular formula is C11H10ClNO2. The Morgan fingerprint density at radius 2 is 2.33 bits per heavy atom. The van der Waals surface area contributed by atoms with Crippen molar-refractivity contribution in [3.8, 4) is 0 Å². The van der Waals surface area contributed by atoms with Gasteiger partial charge in [0.2, 0.25) is 0 Å². The molecule has 0 fully saturated rings. The van der Waals surface area contributed by atoms with Gasteiger partial charge in [-0.05, 0) is 19.1 Å². The van der Waals surface area contributed by atoms with Crippen LogP contribution >= 0.6 is 11.6 Å². The summed E-state index contributed by atoms with van der Waals surface area (Å²) in [7, 11) is 0. The first-order valence-electron chi connectivity index (χ1n) is 4.65. The van der Waals surface area contributed by atoms with Crippen molar-refractivity contribution in [3.63, 3.8) is 0 Å². The second kappa shape index (κ2) is 3.95. The SMILES string of the molecule is CCO/C=C1/C(=O)Nc2cc(Cl)ccc21. The van der Waals surface area contributed by atoms with Crippen molar-refractivity contribution >= 4 is 28.8 Å². The average Bonchev–Trinajstić information content (AvgIpc) is 2.50. The first-order valence-corrected chi connectivity index (χ1v) is 5.03. The highest BCUT2D eigenvalue weighted by atomic mass is 35.5. The number of carbonyl (C=O) groups excluding carboxylic acids is 1. The van der Waals surface area contributed by atoms with Crippen LogP contribution in [-0.2, 0) is 9.53 Å². The van der Waals surface area contributed by atoms with Crippen LogP contribution in [0.4, 0.5) is 5.69 Å². The molecule has 0 spiro atoms. The standard InChI is InChI=1S/C11H10ClNO2/c1-2-15-6-9-8-4-3-7(12)5-10(8)13-11(9)14/h3-6H,2H2,1H3,(H,13,14)/b9-6+. The van der Waals surface area contributed by atoms with E-state index in [0.29, 0.717) is 17.2 Å². The lowest BCUT2D eigenvalue weighted by atomic mass is 10.1. The van der Waals surface area contributed by atoms with Gasteiger partial charge in [0.05, 0.1) is 24.1 Å². The number of nitrogens with one attached hydrogen (secondary N) is 1. The number of fused-ring (bicyclic) bond motifs is 1. The van der Waals surface area contributed by atoms with E-state index in [4.69, 9.17) is 16.3 Å². The lowest BCUT2D eigenvalue weighted by Gasteiger charge is -1.98. The molecule has 4 heteroatoms. The summed E-state index contributed by atoms with van der Waals surface area (Å²) in [5.74, 6) is -0.152. The van der Waals surface area contributed by atoms with Crippen LogP contribution in [0.1, 0.15) is 12.5 Å². The van der Waals surface area contributed by atoms with E-state index in [-0.39, 0.29) is 5.91 Å². The third-order valence-electron chi connectivity index (χ3n) is 2.13. The number of benzene rings is 1. The molecular weight excluding hydrogens is 214 g/mol. The van der Waals surface area contributed by atoms with Gasteiger partial charge < -0.3 is 10.1 Å². The molecule has 1 aromatic rings. The van der Waals surface area contributed by atoms with E-state index in [0.717, 1.165) is 11.3 Å². The second-order valence-electron chi connectivity index (χ2n) is 3.13. The molecule has 1 aliphatic rings. The molecule has 15 heavy (non-hydrogen) atoms. The van der Waals surface area contributed by atoms with Gasteiger partial charge >= 0.3 is 0 Å². The highest BCUT2D eigenvalue weighted by molar-refractivity contribution is 6.34. The summed E-state index contributed by atoms with van der Waals surface area (Å²) in [6, 6.07) is 5.28. The van der Waals surface area contributed by atoms with Crippen LogP contribution in [0.5, 0.6) is 0 Å². The minimum absolute atomic E-state index is 0.152. The van der Waals surface area contributed by atoms with E-state index in [1.165, 1.54) is 6.26 Å². The molecule has 0 atom stereocenters. The maximum Gasteiger partial charge on any atom is 0.259 e. The van der Waals surface area contributed by atoms with Crippen LogP contribution in [0.25, 0.3) is 5.57 Å². The van der Waals surface area contributed by atoms with Crippen molar-refractivity contribution in [1.82, 2.24) is 0 Å². The van der Waals surface area contributed by atoms with E-state index in [1.807, 2.05) is 6.92 Å². The van der Waals surface area contributed by atoms with Gasteiger partial charge in [-0.3, -0.25) is 4.79 Å². The van der Waals surface area contributed by atoms with Crippen LogP contribution in [0.15, 0.2) is 24.5 Å². The normalized spacial score (nSPS) is 16.4. The van der Waals surface area contributed by atoms with Gasteiger partial charge in [0.15, 0.2) is 0 Å². The number of halogens is 1. The monoisotopic (exact) mass is 223 g/mol. The maximum atomic E-state index is 11.5. The molecule has 0 aliphatic carbocycles. The zero-order valence-electron chi connectivity index (χ0n) is 8.21. The largest absolute Gasteiger partial charge is 0.501 e. The molecule has 1 heterocycles. The van der Waals surface area contributed by atoms with Crippen LogP contribution in [-0.4, -0.2) is 12.5 Å². The Hall–Kier alpha value is -1.48. The van der Waals surface area contributed by atoms with Crippen molar-refractivity contribution in [2.75, 3.05) is 11.9 Å². The highest BCUT2D eigenvalue weighted by Crippen LogP contribution is 2.33. The van der Waals surface area contributed by atoms with Gasteiger partial charge in [0.1, 0.15) is 0 Å². The summed E-state index contributed by atoms with van der Waals surface area (Å²) in [6.45, 7) is 2.41. The first kappa shape index (κ1) is 10.1. The molecule has 0 saturated heterocycles. The molecule has 0 radical (unpaired) electrons. The molecule has 1 aromatic carbocycles. The van der Waals surface area contributed by atoms with Crippen molar-refractivity contribution in [2.24, 2.45) is 0 Å². The lowest BCUT2D eigenvalue weighted by molar-refractivity contribution is -0.110. The summed E-state index contributed by atoms with van der Waals surface area (Å²) in [4.78, 5) is 11.5. The predicted molar refractivity (Wildman–Crippen MR) is 59.7 cm³/mol. The number of hydrogen-bond donors (Lipinski definition) is 1. The Balaban J connectivity index is 2.42. The fourth-order valence-electron chi connectivity index (χ4n) is 1.45. The molecule has 0 saturated carbocycles. The Morgan fingerprint density at radius 1 is 1.53 bits per heavy atom. The molecule has 1 aliphatic heterocycles. The minimum atomic E-state index is -0.152. The van der Waals surface area contributed by atoms with E-state index < -0.39 is 0 Å². The number of rotatable bonds is 2. The summed E-state index contributed by atoms with van der Waals surface area (Å²) in [6.07, 6.45) is 1.48. The number of ether oxygens (including phenoxy) is 1. The van der Waals surface area contributed by atoms with Crippen LogP contribution in [0, 0.1) is 0 Å². The Labute approximate surface area is 92.7 Å². The fourth-order valence-corrected chi connectivity index (χ4v) is 1.62. The molecule has 0 unspecified atom stereocenters. The van der Waals surface area contributed by atoms with Gasteiger partial charge in [0, 0.05) is 10.6 Å². The summed E-state index contributed by atoms with van der Waals surface area (Å²) < 4.78 is 5.12. The first-order chi connectivity index (χ1) is 7.22. The van der Waals surface area contributed by atoms with Gasteiger partial charge in [-0.15, -0.1) is 0 Å². The van der Waals surface area contributed by atoms with E-state index in [2.05, 4.69) is 5.32 Å². The molecule has 78 valence electrons. The fraction of sp³-hybridized carbons (Fsp3) is 0.182. The van der Waals surface area contributed by atoms with Crippen molar-refractivity contribution in [3.05, 3.63) is 35.0 Å². The smallest absolute Gasteiger partial charge is 0.259 e. The summed E-state index contributed by atoms with van der Waals surface area (Å²) in [5.41, 5.74) is 2.11. The number of carbonyl (C=O) groups is 1. The highest BCUT2D eigenvalue weighted by Gasteiger charge is 2.24. The minimum Gasteiger partial charge on any atom is -0.501 e.